The lowest BCUT2D eigenvalue weighted by atomic mass is 9.94. The van der Waals surface area contributed by atoms with Crippen LogP contribution in [0.25, 0.3) is 0 Å². The summed E-state index contributed by atoms with van der Waals surface area (Å²) in [5.41, 5.74) is 2.64. The number of amides is 1. The zero-order valence-electron chi connectivity index (χ0n) is 13.8. The minimum absolute atomic E-state index is 0. The normalized spacial score (nSPS) is 17.7. The predicted octanol–water partition coefficient (Wildman–Crippen LogP) is 1.85. The van der Waals surface area contributed by atoms with Crippen LogP contribution in [0, 0.1) is 0 Å². The Balaban J connectivity index is 0.00000264. The first-order chi connectivity index (χ1) is 10.7. The van der Waals surface area contributed by atoms with E-state index in [9.17, 15) is 4.79 Å². The van der Waals surface area contributed by atoms with Crippen LogP contribution in [-0.2, 0) is 20.7 Å². The molecule has 2 unspecified atom stereocenters. The van der Waals surface area contributed by atoms with Crippen molar-refractivity contribution >= 4 is 18.3 Å². The average Bonchev–Trinajstić information content (AvgIpc) is 2.56. The lowest BCUT2D eigenvalue weighted by Gasteiger charge is -2.27. The predicted molar refractivity (Wildman–Crippen MR) is 93.1 cm³/mol. The molecule has 0 aromatic heterocycles. The van der Waals surface area contributed by atoms with E-state index in [2.05, 4.69) is 28.8 Å². The van der Waals surface area contributed by atoms with E-state index in [1.807, 2.05) is 13.0 Å². The maximum atomic E-state index is 12.1. The number of carbonyl (C=O) groups is 1. The molecule has 0 bridgehead atoms. The van der Waals surface area contributed by atoms with Gasteiger partial charge in [-0.3, -0.25) is 4.79 Å². The Kier molecular flexibility index (Phi) is 9.17. The smallest absolute Gasteiger partial charge is 0.248 e. The van der Waals surface area contributed by atoms with E-state index in [0.29, 0.717) is 26.4 Å². The summed E-state index contributed by atoms with van der Waals surface area (Å²) in [5.74, 6) is -0.0821. The molecule has 1 aromatic carbocycles. The molecule has 0 fully saturated rings. The fraction of sp³-hybridized carbons (Fsp3) is 0.588. The maximum absolute atomic E-state index is 12.1. The Labute approximate surface area is 144 Å². The maximum Gasteiger partial charge on any atom is 0.248 e. The summed E-state index contributed by atoms with van der Waals surface area (Å²) < 4.78 is 10.6. The second-order valence-corrected chi connectivity index (χ2v) is 5.41. The van der Waals surface area contributed by atoms with Gasteiger partial charge in [-0.15, -0.1) is 12.4 Å². The number of nitrogens with one attached hydrogen (secondary N) is 2. The summed E-state index contributed by atoms with van der Waals surface area (Å²) in [7, 11) is 0. The monoisotopic (exact) mass is 342 g/mol. The van der Waals surface area contributed by atoms with Gasteiger partial charge in [-0.2, -0.15) is 0 Å². The van der Waals surface area contributed by atoms with Gasteiger partial charge in [0, 0.05) is 19.2 Å². The van der Waals surface area contributed by atoms with E-state index in [-0.39, 0.29) is 24.4 Å². The van der Waals surface area contributed by atoms with E-state index in [1.165, 1.54) is 11.1 Å². The third-order valence-electron chi connectivity index (χ3n) is 3.86. The molecular formula is C17H27ClN2O3. The Morgan fingerprint density at radius 1 is 1.39 bits per heavy atom. The summed E-state index contributed by atoms with van der Waals surface area (Å²) in [4.78, 5) is 12.1. The number of hydrogen-bond acceptors (Lipinski definition) is 4. The van der Waals surface area contributed by atoms with Crippen LogP contribution in [0.15, 0.2) is 24.3 Å². The standard InChI is InChI=1S/C17H26N2O3.ClH/c1-3-21-10-11-22-13(2)17(20)19-12-16-15-7-5-4-6-14(15)8-9-18-16;/h4-7,13,16,18H,3,8-12H2,1-2H3,(H,19,20);1H. The highest BCUT2D eigenvalue weighted by molar-refractivity contribution is 5.85. The Morgan fingerprint density at radius 3 is 2.96 bits per heavy atom. The fourth-order valence-corrected chi connectivity index (χ4v) is 2.63. The quantitative estimate of drug-likeness (QED) is 0.708. The summed E-state index contributed by atoms with van der Waals surface area (Å²) in [6.45, 7) is 6.84. The third kappa shape index (κ3) is 6.11. The van der Waals surface area contributed by atoms with Gasteiger partial charge in [0.15, 0.2) is 0 Å². The van der Waals surface area contributed by atoms with E-state index in [1.54, 1.807) is 6.92 Å². The summed E-state index contributed by atoms with van der Waals surface area (Å²) >= 11 is 0. The van der Waals surface area contributed by atoms with Crippen molar-refractivity contribution in [3.63, 3.8) is 0 Å². The van der Waals surface area contributed by atoms with Gasteiger partial charge in [0.2, 0.25) is 5.91 Å². The van der Waals surface area contributed by atoms with Gasteiger partial charge in [0.25, 0.3) is 0 Å². The first-order valence-electron chi connectivity index (χ1n) is 8.00. The van der Waals surface area contributed by atoms with Crippen LogP contribution in [0.5, 0.6) is 0 Å². The second kappa shape index (κ2) is 10.6. The lowest BCUT2D eigenvalue weighted by Crippen LogP contribution is -2.42. The average molecular weight is 343 g/mol. The molecule has 0 saturated carbocycles. The molecule has 0 aliphatic carbocycles. The Bertz CT molecular complexity index is 485. The number of ether oxygens (including phenoxy) is 2. The number of hydrogen-bond donors (Lipinski definition) is 2. The van der Waals surface area contributed by atoms with Crippen molar-refractivity contribution < 1.29 is 14.3 Å². The van der Waals surface area contributed by atoms with Crippen LogP contribution in [0.3, 0.4) is 0 Å². The summed E-state index contributed by atoms with van der Waals surface area (Å²) in [6, 6.07) is 8.56. The van der Waals surface area contributed by atoms with Crippen molar-refractivity contribution in [1.82, 2.24) is 10.6 Å². The minimum Gasteiger partial charge on any atom is -0.379 e. The molecular weight excluding hydrogens is 316 g/mol. The highest BCUT2D eigenvalue weighted by atomic mass is 35.5. The van der Waals surface area contributed by atoms with Gasteiger partial charge in [-0.1, -0.05) is 24.3 Å². The van der Waals surface area contributed by atoms with Crippen LogP contribution >= 0.6 is 12.4 Å². The molecule has 1 aromatic rings. The largest absolute Gasteiger partial charge is 0.379 e. The molecule has 1 amide bonds. The van der Waals surface area contributed by atoms with Crippen LogP contribution in [-0.4, -0.2) is 44.9 Å². The van der Waals surface area contributed by atoms with Gasteiger partial charge in [0.05, 0.1) is 13.2 Å². The molecule has 0 saturated heterocycles. The molecule has 2 rings (SSSR count). The number of rotatable bonds is 8. The minimum atomic E-state index is -0.459. The zero-order valence-corrected chi connectivity index (χ0v) is 14.7. The van der Waals surface area contributed by atoms with E-state index in [4.69, 9.17) is 9.47 Å². The molecule has 130 valence electrons. The van der Waals surface area contributed by atoms with Crippen molar-refractivity contribution in [3.8, 4) is 0 Å². The fourth-order valence-electron chi connectivity index (χ4n) is 2.63. The Morgan fingerprint density at radius 2 is 2.17 bits per heavy atom. The highest BCUT2D eigenvalue weighted by Gasteiger charge is 2.21. The van der Waals surface area contributed by atoms with Crippen molar-refractivity contribution in [2.45, 2.75) is 32.4 Å². The van der Waals surface area contributed by atoms with Crippen molar-refractivity contribution in [1.29, 1.82) is 0 Å². The first-order valence-corrected chi connectivity index (χ1v) is 8.00. The topological polar surface area (TPSA) is 59.6 Å². The van der Waals surface area contributed by atoms with Gasteiger partial charge in [0.1, 0.15) is 6.10 Å². The first kappa shape index (κ1) is 19.9. The highest BCUT2D eigenvalue weighted by Crippen LogP contribution is 2.21. The van der Waals surface area contributed by atoms with Crippen molar-refractivity contribution in [2.24, 2.45) is 0 Å². The Hall–Kier alpha value is -1.14. The molecule has 1 heterocycles. The second-order valence-electron chi connectivity index (χ2n) is 5.41. The summed E-state index contributed by atoms with van der Waals surface area (Å²) in [6.07, 6.45) is 0.580. The van der Waals surface area contributed by atoms with Gasteiger partial charge >= 0.3 is 0 Å². The summed E-state index contributed by atoms with van der Waals surface area (Å²) in [5, 5.41) is 6.42. The number of halogens is 1. The van der Waals surface area contributed by atoms with Crippen LogP contribution in [0.2, 0.25) is 0 Å². The van der Waals surface area contributed by atoms with Crippen molar-refractivity contribution in [2.75, 3.05) is 32.9 Å². The van der Waals surface area contributed by atoms with Gasteiger partial charge < -0.3 is 20.1 Å². The molecule has 1 aliphatic heterocycles. The van der Waals surface area contributed by atoms with Crippen LogP contribution < -0.4 is 10.6 Å². The zero-order chi connectivity index (χ0) is 15.8. The van der Waals surface area contributed by atoms with Crippen LogP contribution in [0.4, 0.5) is 0 Å². The number of fused-ring (bicyclic) bond motifs is 1. The molecule has 6 heteroatoms. The third-order valence-corrected chi connectivity index (χ3v) is 3.86. The van der Waals surface area contributed by atoms with E-state index < -0.39 is 6.10 Å². The molecule has 5 nitrogen and oxygen atoms in total. The molecule has 2 atom stereocenters. The van der Waals surface area contributed by atoms with Crippen LogP contribution in [0.1, 0.15) is 31.0 Å². The van der Waals surface area contributed by atoms with Gasteiger partial charge in [-0.25, -0.2) is 0 Å². The molecule has 0 spiro atoms. The van der Waals surface area contributed by atoms with E-state index >= 15 is 0 Å². The number of benzene rings is 1. The van der Waals surface area contributed by atoms with E-state index in [0.717, 1.165) is 13.0 Å². The molecule has 2 N–H and O–H groups in total. The molecule has 23 heavy (non-hydrogen) atoms. The SMILES string of the molecule is CCOCCOC(C)C(=O)NCC1NCCc2ccccc21.Cl. The lowest BCUT2D eigenvalue weighted by molar-refractivity contribution is -0.132. The molecule has 1 aliphatic rings. The van der Waals surface area contributed by atoms with Gasteiger partial charge in [-0.05, 0) is 37.9 Å². The molecule has 0 radical (unpaired) electrons. The number of carbonyl (C=O) groups excluding carboxylic acids is 1. The van der Waals surface area contributed by atoms with Crippen molar-refractivity contribution in [3.05, 3.63) is 35.4 Å².